The highest BCUT2D eigenvalue weighted by Crippen LogP contribution is 2.36. The van der Waals surface area contributed by atoms with E-state index in [2.05, 4.69) is 10.6 Å². The van der Waals surface area contributed by atoms with Crippen LogP contribution in [0.4, 0.5) is 11.4 Å². The van der Waals surface area contributed by atoms with E-state index >= 15 is 0 Å². The number of imide groups is 1. The van der Waals surface area contributed by atoms with E-state index in [-0.39, 0.29) is 17.7 Å². The van der Waals surface area contributed by atoms with E-state index in [4.69, 9.17) is 4.74 Å². The summed E-state index contributed by atoms with van der Waals surface area (Å²) < 4.78 is 5.01. The maximum Gasteiger partial charge on any atom is 0.329 e. The monoisotopic (exact) mass is 413 g/mol. The van der Waals surface area contributed by atoms with Crippen LogP contribution in [-0.4, -0.2) is 47.1 Å². The first-order valence-corrected chi connectivity index (χ1v) is 9.64. The van der Waals surface area contributed by atoms with Gasteiger partial charge in [0.05, 0.1) is 11.8 Å². The standard InChI is InChI=1S/C21H23N3O6/c1-12(24-19(27)16-8-3-4-9-17(16)20(24)28)21(29)30-11-18(26)23-15-7-5-6-14(10-15)22-13(2)25/h3-7,10,12,16-17H,8-9,11H2,1-2H3,(H,22,25)(H,23,26)/t12-,16-,17+/m0/s1. The Bertz CT molecular complexity index is 899. The molecule has 3 atom stereocenters. The summed E-state index contributed by atoms with van der Waals surface area (Å²) in [4.78, 5) is 61.6. The summed E-state index contributed by atoms with van der Waals surface area (Å²) in [6, 6.07) is 5.38. The number of hydrogen-bond acceptors (Lipinski definition) is 6. The van der Waals surface area contributed by atoms with E-state index in [0.29, 0.717) is 24.2 Å². The van der Waals surface area contributed by atoms with Crippen molar-refractivity contribution in [2.24, 2.45) is 11.8 Å². The Morgan fingerprint density at radius 1 is 1.07 bits per heavy atom. The number of esters is 1. The largest absolute Gasteiger partial charge is 0.454 e. The van der Waals surface area contributed by atoms with Crippen LogP contribution in [0, 0.1) is 11.8 Å². The first-order chi connectivity index (χ1) is 14.3. The third-order valence-corrected chi connectivity index (χ3v) is 5.08. The van der Waals surface area contributed by atoms with Gasteiger partial charge in [0.15, 0.2) is 6.61 Å². The third-order valence-electron chi connectivity index (χ3n) is 5.08. The van der Waals surface area contributed by atoms with Crippen molar-refractivity contribution in [3.8, 4) is 0 Å². The highest BCUT2D eigenvalue weighted by molar-refractivity contribution is 6.08. The molecule has 30 heavy (non-hydrogen) atoms. The fourth-order valence-corrected chi connectivity index (χ4v) is 3.65. The summed E-state index contributed by atoms with van der Waals surface area (Å²) in [5.41, 5.74) is 0.921. The number of likely N-dealkylation sites (tertiary alicyclic amines) is 1. The van der Waals surface area contributed by atoms with Crippen LogP contribution in [0.3, 0.4) is 0 Å². The third kappa shape index (κ3) is 4.56. The van der Waals surface area contributed by atoms with Crippen LogP contribution in [0.25, 0.3) is 0 Å². The Hall–Kier alpha value is -3.49. The molecule has 0 unspecified atom stereocenters. The molecule has 1 aromatic carbocycles. The van der Waals surface area contributed by atoms with E-state index < -0.39 is 36.4 Å². The molecular weight excluding hydrogens is 390 g/mol. The number of anilines is 2. The summed E-state index contributed by atoms with van der Waals surface area (Å²) in [7, 11) is 0. The highest BCUT2D eigenvalue weighted by Gasteiger charge is 2.50. The molecular formula is C21H23N3O6. The fourth-order valence-electron chi connectivity index (χ4n) is 3.65. The molecule has 4 amide bonds. The predicted molar refractivity (Wildman–Crippen MR) is 107 cm³/mol. The lowest BCUT2D eigenvalue weighted by atomic mass is 9.85. The molecule has 0 radical (unpaired) electrons. The van der Waals surface area contributed by atoms with Gasteiger partial charge in [0.1, 0.15) is 6.04 Å². The van der Waals surface area contributed by atoms with Crippen LogP contribution in [-0.2, 0) is 28.7 Å². The Labute approximate surface area is 173 Å². The zero-order valence-electron chi connectivity index (χ0n) is 16.7. The van der Waals surface area contributed by atoms with Crippen LogP contribution in [0.5, 0.6) is 0 Å². The van der Waals surface area contributed by atoms with Crippen LogP contribution < -0.4 is 10.6 Å². The van der Waals surface area contributed by atoms with E-state index in [1.807, 2.05) is 12.2 Å². The molecule has 1 aliphatic carbocycles. The van der Waals surface area contributed by atoms with Gasteiger partial charge >= 0.3 is 5.97 Å². The van der Waals surface area contributed by atoms with Gasteiger partial charge in [0.25, 0.3) is 5.91 Å². The Balaban J connectivity index is 1.54. The molecule has 9 heteroatoms. The number of allylic oxidation sites excluding steroid dienone is 2. The van der Waals surface area contributed by atoms with Crippen molar-refractivity contribution in [3.05, 3.63) is 36.4 Å². The summed E-state index contributed by atoms with van der Waals surface area (Å²) in [5, 5.41) is 5.15. The molecule has 0 spiro atoms. The van der Waals surface area contributed by atoms with Crippen molar-refractivity contribution in [2.45, 2.75) is 32.7 Å². The molecule has 9 nitrogen and oxygen atoms in total. The maximum absolute atomic E-state index is 12.5. The van der Waals surface area contributed by atoms with Gasteiger partial charge in [-0.05, 0) is 38.0 Å². The van der Waals surface area contributed by atoms with Crippen LogP contribution >= 0.6 is 0 Å². The van der Waals surface area contributed by atoms with Crippen molar-refractivity contribution < 1.29 is 28.7 Å². The molecule has 0 bridgehead atoms. The van der Waals surface area contributed by atoms with Crippen LogP contribution in [0.2, 0.25) is 0 Å². The number of carbonyl (C=O) groups excluding carboxylic acids is 5. The van der Waals surface area contributed by atoms with Crippen LogP contribution in [0.1, 0.15) is 26.7 Å². The van der Waals surface area contributed by atoms with E-state index in [1.54, 1.807) is 24.3 Å². The second kappa shape index (κ2) is 8.89. The Morgan fingerprint density at radius 2 is 1.63 bits per heavy atom. The smallest absolute Gasteiger partial charge is 0.329 e. The van der Waals surface area contributed by atoms with Gasteiger partial charge in [-0.2, -0.15) is 0 Å². The van der Waals surface area contributed by atoms with Gasteiger partial charge in [-0.1, -0.05) is 18.2 Å². The maximum atomic E-state index is 12.5. The zero-order valence-corrected chi connectivity index (χ0v) is 16.7. The molecule has 1 fully saturated rings. The van der Waals surface area contributed by atoms with Gasteiger partial charge in [-0.3, -0.25) is 24.1 Å². The number of ether oxygens (including phenoxy) is 1. The Kier molecular flexibility index (Phi) is 6.29. The predicted octanol–water partition coefficient (Wildman–Crippen LogP) is 1.47. The first-order valence-electron chi connectivity index (χ1n) is 9.64. The van der Waals surface area contributed by atoms with Gasteiger partial charge in [0.2, 0.25) is 17.7 Å². The van der Waals surface area contributed by atoms with Gasteiger partial charge in [-0.15, -0.1) is 0 Å². The number of carbonyl (C=O) groups is 5. The minimum atomic E-state index is -1.11. The molecule has 0 saturated carbocycles. The number of hydrogen-bond donors (Lipinski definition) is 2. The van der Waals surface area contributed by atoms with Crippen molar-refractivity contribution in [1.82, 2.24) is 4.90 Å². The van der Waals surface area contributed by atoms with Gasteiger partial charge in [0, 0.05) is 18.3 Å². The average Bonchev–Trinajstić information content (AvgIpc) is 2.96. The summed E-state index contributed by atoms with van der Waals surface area (Å²) in [6.45, 7) is 2.21. The molecule has 1 saturated heterocycles. The zero-order chi connectivity index (χ0) is 21.8. The topological polar surface area (TPSA) is 122 Å². The lowest BCUT2D eigenvalue weighted by Crippen LogP contribution is -2.45. The number of fused-ring (bicyclic) bond motifs is 1. The van der Waals surface area contributed by atoms with E-state index in [1.165, 1.54) is 13.8 Å². The van der Waals surface area contributed by atoms with Crippen molar-refractivity contribution in [1.29, 1.82) is 0 Å². The van der Waals surface area contributed by atoms with E-state index in [0.717, 1.165) is 4.90 Å². The summed E-state index contributed by atoms with van der Waals surface area (Å²) >= 11 is 0. The number of nitrogens with zero attached hydrogens (tertiary/aromatic N) is 1. The van der Waals surface area contributed by atoms with Gasteiger partial charge in [-0.25, -0.2) is 4.79 Å². The van der Waals surface area contributed by atoms with Gasteiger partial charge < -0.3 is 15.4 Å². The second-order valence-electron chi connectivity index (χ2n) is 7.30. The lowest BCUT2D eigenvalue weighted by molar-refractivity contribution is -0.159. The van der Waals surface area contributed by atoms with Crippen molar-refractivity contribution in [3.63, 3.8) is 0 Å². The molecule has 158 valence electrons. The van der Waals surface area contributed by atoms with Crippen LogP contribution in [0.15, 0.2) is 36.4 Å². The molecule has 2 N–H and O–H groups in total. The molecule has 1 heterocycles. The fraction of sp³-hybridized carbons (Fsp3) is 0.381. The molecule has 3 rings (SSSR count). The second-order valence-corrected chi connectivity index (χ2v) is 7.30. The SMILES string of the molecule is CC(=O)Nc1cccc(NC(=O)COC(=O)[C@H](C)N2C(=O)[C@H]3CC=CC[C@H]3C2=O)c1. The number of rotatable bonds is 6. The lowest BCUT2D eigenvalue weighted by Gasteiger charge is -2.21. The van der Waals surface area contributed by atoms with Crippen molar-refractivity contribution >= 4 is 41.0 Å². The first kappa shape index (κ1) is 21.2. The molecule has 0 aromatic heterocycles. The highest BCUT2D eigenvalue weighted by atomic mass is 16.5. The number of benzene rings is 1. The Morgan fingerprint density at radius 3 is 2.20 bits per heavy atom. The minimum absolute atomic E-state index is 0.247. The average molecular weight is 413 g/mol. The number of amides is 4. The number of nitrogens with one attached hydrogen (secondary N) is 2. The summed E-state index contributed by atoms with van der Waals surface area (Å²) in [6.07, 6.45) is 4.69. The normalized spacial score (nSPS) is 21.1. The molecule has 2 aliphatic rings. The molecule has 1 aliphatic heterocycles. The van der Waals surface area contributed by atoms with E-state index in [9.17, 15) is 24.0 Å². The minimum Gasteiger partial charge on any atom is -0.454 e. The quantitative estimate of drug-likeness (QED) is 0.414. The van der Waals surface area contributed by atoms with Crippen molar-refractivity contribution in [2.75, 3.05) is 17.2 Å². The molecule has 1 aromatic rings. The summed E-state index contributed by atoms with van der Waals surface area (Å²) in [5.74, 6) is -3.29.